The average Bonchev–Trinajstić information content (AvgIpc) is 3.28. The Labute approximate surface area is 129 Å². The van der Waals surface area contributed by atoms with Gasteiger partial charge in [-0.3, -0.25) is 9.59 Å². The van der Waals surface area contributed by atoms with Crippen molar-refractivity contribution in [2.24, 2.45) is 5.41 Å². The molecule has 1 aromatic carbocycles. The third kappa shape index (κ3) is 3.27. The Morgan fingerprint density at radius 3 is 2.27 bits per heavy atom. The molecule has 1 unspecified atom stereocenters. The van der Waals surface area contributed by atoms with Crippen LogP contribution in [0.15, 0.2) is 30.3 Å². The van der Waals surface area contributed by atoms with Crippen LogP contribution in [-0.4, -0.2) is 47.9 Å². The van der Waals surface area contributed by atoms with Gasteiger partial charge in [0.25, 0.3) is 0 Å². The number of carbonyl (C=O) groups excluding carboxylic acids is 2. The lowest BCUT2D eigenvalue weighted by atomic mass is 10.0. The Hall–Kier alpha value is -2.37. The molecule has 2 N–H and O–H groups in total. The molecule has 1 aromatic rings. The van der Waals surface area contributed by atoms with E-state index >= 15 is 0 Å². The minimum Gasteiger partial charge on any atom is -0.480 e. The molecule has 2 amide bonds. The maximum absolute atomic E-state index is 12.4. The van der Waals surface area contributed by atoms with Crippen molar-refractivity contribution in [2.75, 3.05) is 14.1 Å². The number of amides is 2. The SMILES string of the molecule is CN(C)C(=O)C1(C(=O)NC(Cc2ccccc2)C(=O)O)CC1. The van der Waals surface area contributed by atoms with E-state index in [1.54, 1.807) is 26.2 Å². The number of rotatable bonds is 6. The summed E-state index contributed by atoms with van der Waals surface area (Å²) in [4.78, 5) is 37.2. The van der Waals surface area contributed by atoms with E-state index in [4.69, 9.17) is 0 Å². The number of nitrogens with one attached hydrogen (secondary N) is 1. The van der Waals surface area contributed by atoms with Gasteiger partial charge < -0.3 is 15.3 Å². The lowest BCUT2D eigenvalue weighted by molar-refractivity contribution is -0.147. The fourth-order valence-electron chi connectivity index (χ4n) is 2.44. The topological polar surface area (TPSA) is 86.7 Å². The molecule has 1 aliphatic carbocycles. The van der Waals surface area contributed by atoms with Crippen LogP contribution in [0, 0.1) is 5.41 Å². The van der Waals surface area contributed by atoms with E-state index in [0.29, 0.717) is 12.8 Å². The zero-order chi connectivity index (χ0) is 16.3. The standard InChI is InChI=1S/C16H20N2O4/c1-18(2)15(22)16(8-9-16)14(21)17-12(13(19)20)10-11-6-4-3-5-7-11/h3-7,12H,8-10H2,1-2H3,(H,17,21)(H,19,20). The zero-order valence-electron chi connectivity index (χ0n) is 12.7. The first-order valence-electron chi connectivity index (χ1n) is 7.16. The van der Waals surface area contributed by atoms with E-state index in [1.165, 1.54) is 4.90 Å². The quantitative estimate of drug-likeness (QED) is 0.756. The summed E-state index contributed by atoms with van der Waals surface area (Å²) in [5.41, 5.74) is -0.257. The van der Waals surface area contributed by atoms with Gasteiger partial charge in [0.15, 0.2) is 0 Å². The summed E-state index contributed by atoms with van der Waals surface area (Å²) in [6, 6.07) is 8.04. The van der Waals surface area contributed by atoms with Crippen LogP contribution in [0.1, 0.15) is 18.4 Å². The number of carboxylic acids is 1. The molecular formula is C16H20N2O4. The Morgan fingerprint density at radius 1 is 1.23 bits per heavy atom. The second-order valence-electron chi connectivity index (χ2n) is 5.84. The molecule has 1 atom stereocenters. The molecule has 0 heterocycles. The molecule has 0 aliphatic heterocycles. The molecule has 6 nitrogen and oxygen atoms in total. The minimum atomic E-state index is -1.11. The van der Waals surface area contributed by atoms with E-state index in [0.717, 1.165) is 5.56 Å². The fourth-order valence-corrected chi connectivity index (χ4v) is 2.44. The van der Waals surface area contributed by atoms with Gasteiger partial charge in [-0.25, -0.2) is 4.79 Å². The molecule has 0 saturated heterocycles. The largest absolute Gasteiger partial charge is 0.480 e. The van der Waals surface area contributed by atoms with E-state index in [9.17, 15) is 19.5 Å². The second-order valence-corrected chi connectivity index (χ2v) is 5.84. The third-order valence-electron chi connectivity index (χ3n) is 3.89. The van der Waals surface area contributed by atoms with Gasteiger partial charge in [-0.1, -0.05) is 30.3 Å². The predicted octanol–water partition coefficient (Wildman–Crippen LogP) is 0.667. The zero-order valence-corrected chi connectivity index (χ0v) is 12.7. The third-order valence-corrected chi connectivity index (χ3v) is 3.89. The molecule has 6 heteroatoms. The summed E-state index contributed by atoms with van der Waals surface area (Å²) >= 11 is 0. The van der Waals surface area contributed by atoms with Crippen molar-refractivity contribution in [3.8, 4) is 0 Å². The Balaban J connectivity index is 2.07. The number of hydrogen-bond acceptors (Lipinski definition) is 3. The van der Waals surface area contributed by atoms with Gasteiger partial charge in [0, 0.05) is 20.5 Å². The molecule has 0 bridgehead atoms. The van der Waals surface area contributed by atoms with Crippen LogP contribution in [0.3, 0.4) is 0 Å². The summed E-state index contributed by atoms with van der Waals surface area (Å²) in [5.74, 6) is -1.87. The van der Waals surface area contributed by atoms with E-state index < -0.39 is 23.3 Å². The number of carboxylic acid groups (broad SMARTS) is 1. The molecule has 0 aromatic heterocycles. The number of hydrogen-bond donors (Lipinski definition) is 2. The van der Waals surface area contributed by atoms with Gasteiger partial charge in [0.2, 0.25) is 11.8 Å². The van der Waals surface area contributed by atoms with E-state index in [-0.39, 0.29) is 12.3 Å². The molecule has 0 spiro atoms. The van der Waals surface area contributed by atoms with Gasteiger partial charge in [-0.05, 0) is 18.4 Å². The highest BCUT2D eigenvalue weighted by Crippen LogP contribution is 2.47. The highest BCUT2D eigenvalue weighted by Gasteiger charge is 2.57. The van der Waals surface area contributed by atoms with Crippen LogP contribution in [0.2, 0.25) is 0 Å². The van der Waals surface area contributed by atoms with Gasteiger partial charge in [-0.2, -0.15) is 0 Å². The predicted molar refractivity (Wildman–Crippen MR) is 80.1 cm³/mol. The van der Waals surface area contributed by atoms with Gasteiger partial charge in [-0.15, -0.1) is 0 Å². The van der Waals surface area contributed by atoms with Crippen molar-refractivity contribution in [3.05, 3.63) is 35.9 Å². The summed E-state index contributed by atoms with van der Waals surface area (Å²) < 4.78 is 0. The van der Waals surface area contributed by atoms with Crippen molar-refractivity contribution in [3.63, 3.8) is 0 Å². The molecular weight excluding hydrogens is 284 g/mol. The first kappa shape index (κ1) is 16.0. The summed E-state index contributed by atoms with van der Waals surface area (Å²) in [6.07, 6.45) is 1.12. The van der Waals surface area contributed by atoms with Gasteiger partial charge in [0.1, 0.15) is 11.5 Å². The lowest BCUT2D eigenvalue weighted by Gasteiger charge is -2.22. The van der Waals surface area contributed by atoms with Crippen LogP contribution in [0.5, 0.6) is 0 Å². The van der Waals surface area contributed by atoms with Crippen molar-refractivity contribution in [1.29, 1.82) is 0 Å². The molecule has 2 rings (SSSR count). The molecule has 22 heavy (non-hydrogen) atoms. The monoisotopic (exact) mass is 304 g/mol. The molecule has 0 radical (unpaired) electrons. The van der Waals surface area contributed by atoms with Gasteiger partial charge >= 0.3 is 5.97 Å². The molecule has 1 saturated carbocycles. The lowest BCUT2D eigenvalue weighted by Crippen LogP contribution is -2.49. The Morgan fingerprint density at radius 2 is 1.82 bits per heavy atom. The first-order chi connectivity index (χ1) is 10.4. The summed E-state index contributed by atoms with van der Waals surface area (Å²) in [5, 5.41) is 11.8. The van der Waals surface area contributed by atoms with Crippen LogP contribution >= 0.6 is 0 Å². The summed E-state index contributed by atoms with van der Waals surface area (Å²) in [6.45, 7) is 0. The smallest absolute Gasteiger partial charge is 0.326 e. The first-order valence-corrected chi connectivity index (χ1v) is 7.16. The minimum absolute atomic E-state index is 0.189. The van der Waals surface area contributed by atoms with Crippen LogP contribution < -0.4 is 5.32 Å². The van der Waals surface area contributed by atoms with Crippen LogP contribution in [0.25, 0.3) is 0 Å². The van der Waals surface area contributed by atoms with Crippen molar-refractivity contribution in [2.45, 2.75) is 25.3 Å². The average molecular weight is 304 g/mol. The van der Waals surface area contributed by atoms with Gasteiger partial charge in [0.05, 0.1) is 0 Å². The van der Waals surface area contributed by atoms with E-state index in [2.05, 4.69) is 5.32 Å². The Bertz CT molecular complexity index is 579. The highest BCUT2D eigenvalue weighted by molar-refractivity contribution is 6.08. The van der Waals surface area contributed by atoms with Crippen molar-refractivity contribution >= 4 is 17.8 Å². The number of benzene rings is 1. The normalized spacial score (nSPS) is 16.5. The maximum Gasteiger partial charge on any atom is 0.326 e. The Kier molecular flexibility index (Phi) is 4.49. The molecule has 118 valence electrons. The van der Waals surface area contributed by atoms with Crippen molar-refractivity contribution < 1.29 is 19.5 Å². The highest BCUT2D eigenvalue weighted by atomic mass is 16.4. The number of carbonyl (C=O) groups is 3. The van der Waals surface area contributed by atoms with Crippen LogP contribution in [-0.2, 0) is 20.8 Å². The van der Waals surface area contributed by atoms with Crippen LogP contribution in [0.4, 0.5) is 0 Å². The fraction of sp³-hybridized carbons (Fsp3) is 0.438. The summed E-state index contributed by atoms with van der Waals surface area (Å²) in [7, 11) is 3.18. The molecule has 1 fully saturated rings. The number of nitrogens with zero attached hydrogens (tertiary/aromatic N) is 1. The van der Waals surface area contributed by atoms with E-state index in [1.807, 2.05) is 18.2 Å². The second kappa shape index (κ2) is 6.17. The van der Waals surface area contributed by atoms with Crippen molar-refractivity contribution in [1.82, 2.24) is 10.2 Å². The number of aliphatic carboxylic acids is 1. The molecule has 1 aliphatic rings. The maximum atomic E-state index is 12.4.